The Labute approximate surface area is 139 Å². The Morgan fingerprint density at radius 2 is 1.71 bits per heavy atom. The van der Waals surface area contributed by atoms with E-state index in [2.05, 4.69) is 12.2 Å². The van der Waals surface area contributed by atoms with Gasteiger partial charge in [-0.15, -0.1) is 0 Å². The summed E-state index contributed by atoms with van der Waals surface area (Å²) in [6, 6.07) is 6.28. The third-order valence-electron chi connectivity index (χ3n) is 4.60. The maximum absolute atomic E-state index is 6.33. The van der Waals surface area contributed by atoms with Crippen LogP contribution in [0.1, 0.15) is 57.4 Å². The molecule has 1 aromatic carbocycles. The van der Waals surface area contributed by atoms with Gasteiger partial charge in [0.05, 0.1) is 0 Å². The second kappa shape index (κ2) is 9.02. The summed E-state index contributed by atoms with van der Waals surface area (Å²) in [5, 5.41) is 5.23. The van der Waals surface area contributed by atoms with Crippen molar-refractivity contribution in [2.24, 2.45) is 5.92 Å². The Morgan fingerprint density at radius 1 is 1.10 bits per heavy atom. The molecule has 1 aromatic rings. The second-order valence-corrected chi connectivity index (χ2v) is 7.07. The van der Waals surface area contributed by atoms with Gasteiger partial charge in [-0.05, 0) is 43.0 Å². The minimum atomic E-state index is 0.482. The molecule has 0 amide bonds. The average molecular weight is 328 g/mol. The van der Waals surface area contributed by atoms with Crippen LogP contribution < -0.4 is 5.32 Å². The van der Waals surface area contributed by atoms with E-state index in [1.165, 1.54) is 44.9 Å². The third-order valence-corrected chi connectivity index (χ3v) is 5.31. The molecule has 0 heterocycles. The van der Waals surface area contributed by atoms with Crippen LogP contribution in [0.15, 0.2) is 18.2 Å². The van der Waals surface area contributed by atoms with Crippen LogP contribution in [0.2, 0.25) is 10.0 Å². The Hall–Kier alpha value is -0.240. The Morgan fingerprint density at radius 3 is 2.29 bits per heavy atom. The summed E-state index contributed by atoms with van der Waals surface area (Å²) in [5.41, 5.74) is 1.10. The lowest BCUT2D eigenvalue weighted by molar-refractivity contribution is 0.353. The van der Waals surface area contributed by atoms with Crippen LogP contribution in [-0.4, -0.2) is 12.6 Å². The van der Waals surface area contributed by atoms with E-state index in [0.717, 1.165) is 34.5 Å². The summed E-state index contributed by atoms with van der Waals surface area (Å²) in [6.07, 6.45) is 10.6. The molecule has 1 unspecified atom stereocenters. The molecule has 0 radical (unpaired) electrons. The van der Waals surface area contributed by atoms with Crippen LogP contribution >= 0.6 is 23.2 Å². The maximum Gasteiger partial charge on any atom is 0.0453 e. The average Bonchev–Trinajstić information content (AvgIpc) is 2.72. The van der Waals surface area contributed by atoms with Gasteiger partial charge >= 0.3 is 0 Å². The van der Waals surface area contributed by atoms with Crippen molar-refractivity contribution in [3.63, 3.8) is 0 Å². The highest BCUT2D eigenvalue weighted by Gasteiger charge is 2.19. The van der Waals surface area contributed by atoms with Crippen molar-refractivity contribution >= 4 is 23.2 Å². The normalized spacial score (nSPS) is 18.4. The molecule has 0 bridgehead atoms. The van der Waals surface area contributed by atoms with Gasteiger partial charge in [0.25, 0.3) is 0 Å². The van der Waals surface area contributed by atoms with Crippen LogP contribution in [0.4, 0.5) is 0 Å². The fourth-order valence-electron chi connectivity index (χ4n) is 3.50. The number of rotatable bonds is 6. The molecule has 21 heavy (non-hydrogen) atoms. The monoisotopic (exact) mass is 327 g/mol. The standard InChI is InChI=1S/C18H27Cl2N/c1-2-21-15(12-14-8-5-3-4-6-9-14)13-16-17(19)10-7-11-18(16)20/h7,10-11,14-15,21H,2-6,8-9,12-13H2,1H3. The molecule has 1 fully saturated rings. The largest absolute Gasteiger partial charge is 0.314 e. The molecule has 0 spiro atoms. The fourth-order valence-corrected chi connectivity index (χ4v) is 4.05. The molecule has 118 valence electrons. The molecule has 1 N–H and O–H groups in total. The zero-order valence-electron chi connectivity index (χ0n) is 13.0. The molecule has 2 rings (SSSR count). The molecule has 1 aliphatic carbocycles. The molecule has 1 atom stereocenters. The van der Waals surface area contributed by atoms with Gasteiger partial charge in [-0.25, -0.2) is 0 Å². The van der Waals surface area contributed by atoms with E-state index in [-0.39, 0.29) is 0 Å². The van der Waals surface area contributed by atoms with Crippen molar-refractivity contribution in [1.82, 2.24) is 5.32 Å². The van der Waals surface area contributed by atoms with Gasteiger partial charge in [0.15, 0.2) is 0 Å². The molecule has 3 heteroatoms. The molecule has 0 aromatic heterocycles. The van der Waals surface area contributed by atoms with Gasteiger partial charge in [-0.3, -0.25) is 0 Å². The van der Waals surface area contributed by atoms with Crippen LogP contribution in [0.5, 0.6) is 0 Å². The van der Waals surface area contributed by atoms with E-state index >= 15 is 0 Å². The first kappa shape index (κ1) is 17.1. The number of hydrogen-bond donors (Lipinski definition) is 1. The Kier molecular flexibility index (Phi) is 7.36. The minimum absolute atomic E-state index is 0.482. The minimum Gasteiger partial charge on any atom is -0.314 e. The zero-order chi connectivity index (χ0) is 15.1. The van der Waals surface area contributed by atoms with Crippen molar-refractivity contribution in [2.75, 3.05) is 6.54 Å². The van der Waals surface area contributed by atoms with Gasteiger partial charge < -0.3 is 5.32 Å². The van der Waals surface area contributed by atoms with Crippen LogP contribution in [0, 0.1) is 5.92 Å². The molecular formula is C18H27Cl2N. The lowest BCUT2D eigenvalue weighted by atomic mass is 9.90. The van der Waals surface area contributed by atoms with Gasteiger partial charge in [-0.2, -0.15) is 0 Å². The summed E-state index contributed by atoms with van der Waals surface area (Å²) in [5.74, 6) is 0.859. The summed E-state index contributed by atoms with van der Waals surface area (Å²) < 4.78 is 0. The lowest BCUT2D eigenvalue weighted by Crippen LogP contribution is -2.33. The quantitative estimate of drug-likeness (QED) is 0.644. The maximum atomic E-state index is 6.33. The topological polar surface area (TPSA) is 12.0 Å². The molecule has 0 aliphatic heterocycles. The van der Waals surface area contributed by atoms with Crippen molar-refractivity contribution in [3.05, 3.63) is 33.8 Å². The number of hydrogen-bond acceptors (Lipinski definition) is 1. The SMILES string of the molecule is CCNC(Cc1c(Cl)cccc1Cl)CC1CCCCCC1. The van der Waals surface area contributed by atoms with E-state index in [1.807, 2.05) is 18.2 Å². The van der Waals surface area contributed by atoms with E-state index in [9.17, 15) is 0 Å². The van der Waals surface area contributed by atoms with Crippen molar-refractivity contribution < 1.29 is 0 Å². The highest BCUT2D eigenvalue weighted by atomic mass is 35.5. The fraction of sp³-hybridized carbons (Fsp3) is 0.667. The Bertz CT molecular complexity index is 405. The highest BCUT2D eigenvalue weighted by molar-refractivity contribution is 6.36. The molecule has 0 saturated heterocycles. The Balaban J connectivity index is 2.01. The van der Waals surface area contributed by atoms with Crippen molar-refractivity contribution in [2.45, 2.75) is 64.3 Å². The van der Waals surface area contributed by atoms with Crippen LogP contribution in [-0.2, 0) is 6.42 Å². The zero-order valence-corrected chi connectivity index (χ0v) is 14.5. The second-order valence-electron chi connectivity index (χ2n) is 6.25. The van der Waals surface area contributed by atoms with Gasteiger partial charge in [0.1, 0.15) is 0 Å². The third kappa shape index (κ3) is 5.47. The van der Waals surface area contributed by atoms with Crippen LogP contribution in [0.3, 0.4) is 0 Å². The number of nitrogens with one attached hydrogen (secondary N) is 1. The summed E-state index contributed by atoms with van der Waals surface area (Å²) in [7, 11) is 0. The summed E-state index contributed by atoms with van der Waals surface area (Å²) in [4.78, 5) is 0. The van der Waals surface area contributed by atoms with E-state index in [4.69, 9.17) is 23.2 Å². The first-order chi connectivity index (χ1) is 10.2. The first-order valence-electron chi connectivity index (χ1n) is 8.37. The number of halogens is 2. The lowest BCUT2D eigenvalue weighted by Gasteiger charge is -2.24. The smallest absolute Gasteiger partial charge is 0.0453 e. The van der Waals surface area contributed by atoms with E-state index < -0.39 is 0 Å². The molecular weight excluding hydrogens is 301 g/mol. The summed E-state index contributed by atoms with van der Waals surface area (Å²) in [6.45, 7) is 3.17. The highest BCUT2D eigenvalue weighted by Crippen LogP contribution is 2.30. The van der Waals surface area contributed by atoms with Gasteiger partial charge in [0, 0.05) is 16.1 Å². The molecule has 1 nitrogen and oxygen atoms in total. The number of likely N-dealkylation sites (N-methyl/N-ethyl adjacent to an activating group) is 1. The predicted molar refractivity (Wildman–Crippen MR) is 93.4 cm³/mol. The molecule has 1 aliphatic rings. The van der Waals surface area contributed by atoms with Crippen molar-refractivity contribution in [3.8, 4) is 0 Å². The first-order valence-corrected chi connectivity index (χ1v) is 9.12. The van der Waals surface area contributed by atoms with E-state index in [1.54, 1.807) is 0 Å². The summed E-state index contributed by atoms with van der Waals surface area (Å²) >= 11 is 12.7. The molecule has 1 saturated carbocycles. The van der Waals surface area contributed by atoms with E-state index in [0.29, 0.717) is 6.04 Å². The van der Waals surface area contributed by atoms with Crippen molar-refractivity contribution in [1.29, 1.82) is 0 Å². The number of benzene rings is 1. The predicted octanol–water partition coefficient (Wildman–Crippen LogP) is 5.87. The van der Waals surface area contributed by atoms with Crippen LogP contribution in [0.25, 0.3) is 0 Å². The van der Waals surface area contributed by atoms with Gasteiger partial charge in [0.2, 0.25) is 0 Å². The van der Waals surface area contributed by atoms with Gasteiger partial charge in [-0.1, -0.05) is 74.7 Å².